The molecule has 0 radical (unpaired) electrons. The van der Waals surface area contributed by atoms with Crippen molar-refractivity contribution < 1.29 is 5.11 Å². The molecule has 0 aromatic heterocycles. The average molecular weight is 215 g/mol. The smallest absolute Gasteiger partial charge is 0.0628 e. The zero-order valence-corrected chi connectivity index (χ0v) is 9.66. The third-order valence-electron chi connectivity index (χ3n) is 3.55. The van der Waals surface area contributed by atoms with Gasteiger partial charge in [0, 0.05) is 13.0 Å². The number of rotatable bonds is 3. The summed E-state index contributed by atoms with van der Waals surface area (Å²) in [5.74, 6) is 0.390. The summed E-state index contributed by atoms with van der Waals surface area (Å²) >= 11 is 0. The molecule has 84 valence electrons. The average Bonchev–Trinajstić information content (AvgIpc) is 2.67. The van der Waals surface area contributed by atoms with Gasteiger partial charge in [0.1, 0.15) is 0 Å². The van der Waals surface area contributed by atoms with Crippen molar-refractivity contribution in [2.24, 2.45) is 0 Å². The van der Waals surface area contributed by atoms with Gasteiger partial charge in [-0.2, -0.15) is 5.26 Å². The fourth-order valence-electron chi connectivity index (χ4n) is 2.78. The summed E-state index contributed by atoms with van der Waals surface area (Å²) in [5, 5.41) is 18.0. The number of benzene rings is 1. The molecule has 0 bridgehead atoms. The summed E-state index contributed by atoms with van der Waals surface area (Å²) in [6.45, 7) is 2.28. The van der Waals surface area contributed by atoms with Gasteiger partial charge < -0.3 is 5.11 Å². The van der Waals surface area contributed by atoms with E-state index in [-0.39, 0.29) is 6.61 Å². The van der Waals surface area contributed by atoms with Crippen molar-refractivity contribution in [2.45, 2.75) is 38.5 Å². The van der Waals surface area contributed by atoms with E-state index in [1.807, 2.05) is 0 Å². The molecular weight excluding hydrogens is 198 g/mol. The van der Waals surface area contributed by atoms with Gasteiger partial charge in [0.25, 0.3) is 0 Å². The molecule has 0 heterocycles. The molecule has 0 fully saturated rings. The van der Waals surface area contributed by atoms with Gasteiger partial charge in [-0.25, -0.2) is 0 Å². The third-order valence-corrected chi connectivity index (χ3v) is 3.55. The van der Waals surface area contributed by atoms with Crippen LogP contribution in [-0.2, 0) is 12.8 Å². The molecule has 0 unspecified atom stereocenters. The lowest BCUT2D eigenvalue weighted by Crippen LogP contribution is -2.03. The minimum atomic E-state index is 0.191. The Labute approximate surface area is 96.5 Å². The number of aryl methyl sites for hydroxylation is 2. The van der Waals surface area contributed by atoms with E-state index >= 15 is 0 Å². The zero-order chi connectivity index (χ0) is 11.5. The standard InChI is InChI=1S/C14H17NO/c1-10-2-3-11-4-5-12(6-8-15)14(11)13(10)7-9-16/h2-3,12,16H,4-7,9H2,1H3/t12-/m0/s1. The molecule has 0 spiro atoms. The van der Waals surface area contributed by atoms with Crippen molar-refractivity contribution in [1.29, 1.82) is 5.26 Å². The van der Waals surface area contributed by atoms with Crippen molar-refractivity contribution in [1.82, 2.24) is 0 Å². The van der Waals surface area contributed by atoms with Crippen molar-refractivity contribution >= 4 is 0 Å². The molecule has 1 aromatic rings. The Hall–Kier alpha value is -1.33. The molecule has 1 aliphatic rings. The first-order chi connectivity index (χ1) is 7.77. The van der Waals surface area contributed by atoms with Gasteiger partial charge in [0.05, 0.1) is 6.07 Å². The lowest BCUT2D eigenvalue weighted by Gasteiger charge is -2.15. The van der Waals surface area contributed by atoms with Crippen LogP contribution >= 0.6 is 0 Å². The van der Waals surface area contributed by atoms with E-state index in [9.17, 15) is 0 Å². The van der Waals surface area contributed by atoms with Gasteiger partial charge in [-0.3, -0.25) is 0 Å². The minimum Gasteiger partial charge on any atom is -0.396 e. The Morgan fingerprint density at radius 1 is 1.50 bits per heavy atom. The van der Waals surface area contributed by atoms with Crippen LogP contribution in [0.4, 0.5) is 0 Å². The largest absolute Gasteiger partial charge is 0.396 e. The van der Waals surface area contributed by atoms with Crippen molar-refractivity contribution in [3.05, 3.63) is 34.4 Å². The van der Waals surface area contributed by atoms with E-state index in [1.165, 1.54) is 22.3 Å². The second-order valence-electron chi connectivity index (χ2n) is 4.51. The van der Waals surface area contributed by atoms with Crippen LogP contribution in [0.2, 0.25) is 0 Å². The van der Waals surface area contributed by atoms with Crippen molar-refractivity contribution in [3.8, 4) is 6.07 Å². The number of aliphatic hydroxyl groups excluding tert-OH is 1. The SMILES string of the molecule is Cc1ccc2c(c1CCO)[C@H](CC#N)CC2. The Kier molecular flexibility index (Phi) is 3.26. The van der Waals surface area contributed by atoms with Crippen LogP contribution in [0, 0.1) is 18.3 Å². The van der Waals surface area contributed by atoms with E-state index in [4.69, 9.17) is 10.4 Å². The number of hydrogen-bond donors (Lipinski definition) is 1. The molecule has 2 heteroatoms. The van der Waals surface area contributed by atoms with E-state index in [0.29, 0.717) is 12.3 Å². The van der Waals surface area contributed by atoms with Crippen LogP contribution in [0.3, 0.4) is 0 Å². The molecule has 0 saturated carbocycles. The maximum atomic E-state index is 9.13. The summed E-state index contributed by atoms with van der Waals surface area (Å²) in [7, 11) is 0. The van der Waals surface area contributed by atoms with Gasteiger partial charge >= 0.3 is 0 Å². The van der Waals surface area contributed by atoms with Gasteiger partial charge in [-0.05, 0) is 54.4 Å². The highest BCUT2D eigenvalue weighted by atomic mass is 16.2. The molecule has 1 aromatic carbocycles. The van der Waals surface area contributed by atoms with Crippen LogP contribution in [0.25, 0.3) is 0 Å². The molecule has 1 atom stereocenters. The van der Waals surface area contributed by atoms with Crippen LogP contribution in [0.1, 0.15) is 41.0 Å². The van der Waals surface area contributed by atoms with Gasteiger partial charge in [-0.1, -0.05) is 12.1 Å². The summed E-state index contributed by atoms with van der Waals surface area (Å²) in [4.78, 5) is 0. The highest BCUT2D eigenvalue weighted by molar-refractivity contribution is 5.46. The number of fused-ring (bicyclic) bond motifs is 1. The first-order valence-corrected chi connectivity index (χ1v) is 5.87. The highest BCUT2D eigenvalue weighted by Gasteiger charge is 2.25. The topological polar surface area (TPSA) is 44.0 Å². The molecule has 1 N–H and O–H groups in total. The molecule has 16 heavy (non-hydrogen) atoms. The molecule has 0 aliphatic heterocycles. The zero-order valence-electron chi connectivity index (χ0n) is 9.66. The summed E-state index contributed by atoms with van der Waals surface area (Å²) in [6, 6.07) is 6.60. The Morgan fingerprint density at radius 3 is 3.00 bits per heavy atom. The fourth-order valence-corrected chi connectivity index (χ4v) is 2.78. The maximum Gasteiger partial charge on any atom is 0.0628 e. The number of hydrogen-bond acceptors (Lipinski definition) is 2. The molecule has 1 aliphatic carbocycles. The third kappa shape index (κ3) is 1.83. The van der Waals surface area contributed by atoms with Crippen LogP contribution < -0.4 is 0 Å². The molecule has 0 saturated heterocycles. The van der Waals surface area contributed by atoms with Crippen LogP contribution in [0.15, 0.2) is 12.1 Å². The summed E-state index contributed by atoms with van der Waals surface area (Å²) in [6.07, 6.45) is 3.50. The predicted octanol–water partition coefficient (Wildman–Crippen LogP) is 2.47. The first-order valence-electron chi connectivity index (χ1n) is 5.87. The highest BCUT2D eigenvalue weighted by Crippen LogP contribution is 2.38. The van der Waals surface area contributed by atoms with Gasteiger partial charge in [0.2, 0.25) is 0 Å². The summed E-state index contributed by atoms with van der Waals surface area (Å²) in [5.41, 5.74) is 5.26. The maximum absolute atomic E-state index is 9.13. The summed E-state index contributed by atoms with van der Waals surface area (Å²) < 4.78 is 0. The fraction of sp³-hybridized carbons (Fsp3) is 0.500. The van der Waals surface area contributed by atoms with Gasteiger partial charge in [0.15, 0.2) is 0 Å². The van der Waals surface area contributed by atoms with E-state index in [0.717, 1.165) is 19.3 Å². The Morgan fingerprint density at radius 2 is 2.31 bits per heavy atom. The minimum absolute atomic E-state index is 0.191. The van der Waals surface area contributed by atoms with E-state index < -0.39 is 0 Å². The first kappa shape index (κ1) is 11.2. The molecular formula is C14H17NO. The second kappa shape index (κ2) is 4.67. The van der Waals surface area contributed by atoms with Crippen LogP contribution in [-0.4, -0.2) is 11.7 Å². The van der Waals surface area contributed by atoms with Gasteiger partial charge in [-0.15, -0.1) is 0 Å². The molecule has 0 amide bonds. The van der Waals surface area contributed by atoms with Crippen molar-refractivity contribution in [3.63, 3.8) is 0 Å². The normalized spacial score (nSPS) is 18.2. The monoisotopic (exact) mass is 215 g/mol. The van der Waals surface area contributed by atoms with Crippen LogP contribution in [0.5, 0.6) is 0 Å². The Balaban J connectivity index is 2.45. The number of nitriles is 1. The number of nitrogens with zero attached hydrogens (tertiary/aromatic N) is 1. The molecule has 2 nitrogen and oxygen atoms in total. The van der Waals surface area contributed by atoms with E-state index in [1.54, 1.807) is 0 Å². The predicted molar refractivity (Wildman–Crippen MR) is 63.3 cm³/mol. The quantitative estimate of drug-likeness (QED) is 0.841. The molecule has 2 rings (SSSR count). The lowest BCUT2D eigenvalue weighted by molar-refractivity contribution is 0.299. The Bertz CT molecular complexity index is 431. The second-order valence-corrected chi connectivity index (χ2v) is 4.51. The number of aliphatic hydroxyl groups is 1. The van der Waals surface area contributed by atoms with Crippen molar-refractivity contribution in [2.75, 3.05) is 6.61 Å². The lowest BCUT2D eigenvalue weighted by atomic mass is 9.89. The van der Waals surface area contributed by atoms with E-state index in [2.05, 4.69) is 25.1 Å².